The van der Waals surface area contributed by atoms with Gasteiger partial charge in [-0.25, -0.2) is 0 Å². The first-order valence-corrected chi connectivity index (χ1v) is 4.21. The van der Waals surface area contributed by atoms with Gasteiger partial charge in [0.2, 0.25) is 5.91 Å². The zero-order valence-electron chi connectivity index (χ0n) is 7.28. The average molecular weight is 193 g/mol. The van der Waals surface area contributed by atoms with Crippen molar-refractivity contribution < 1.29 is 14.6 Å². The van der Waals surface area contributed by atoms with Crippen molar-refractivity contribution in [1.82, 2.24) is 5.32 Å². The molecule has 0 saturated carbocycles. The number of hydrogen-bond acceptors (Lipinski definition) is 4. The molecule has 0 fully saturated rings. The van der Waals surface area contributed by atoms with Crippen LogP contribution in [0.2, 0.25) is 0 Å². The largest absolute Gasteiger partial charge is 0.394 e. The predicted molar refractivity (Wildman–Crippen MR) is 49.3 cm³/mol. The lowest BCUT2D eigenvalue weighted by molar-refractivity contribution is -0.121. The number of rotatable bonds is 5. The van der Waals surface area contributed by atoms with Crippen molar-refractivity contribution in [2.24, 2.45) is 0 Å². The molecule has 0 radical (unpaired) electrons. The molecule has 0 aromatic heterocycles. The summed E-state index contributed by atoms with van der Waals surface area (Å²) < 4.78 is 4.78. The van der Waals surface area contributed by atoms with Crippen molar-refractivity contribution in [3.8, 4) is 0 Å². The number of hydrogen-bond donors (Lipinski definition) is 3. The molecule has 0 rings (SSSR count). The Hall–Kier alpha value is -0.260. The van der Waals surface area contributed by atoms with E-state index in [0.717, 1.165) is 0 Å². The second-order valence-corrected chi connectivity index (χ2v) is 3.29. The Bertz CT molecular complexity index is 141. The number of ether oxygens (including phenoxy) is 1. The van der Waals surface area contributed by atoms with Crippen LogP contribution < -0.4 is 5.32 Å². The summed E-state index contributed by atoms with van der Waals surface area (Å²) in [7, 11) is 1.51. The number of methoxy groups -OCH3 is 1. The molecule has 72 valence electrons. The summed E-state index contributed by atoms with van der Waals surface area (Å²) in [6.07, 6.45) is 0. The van der Waals surface area contributed by atoms with Gasteiger partial charge >= 0.3 is 0 Å². The summed E-state index contributed by atoms with van der Waals surface area (Å²) in [5.74, 6) is -0.200. The van der Waals surface area contributed by atoms with E-state index in [1.54, 1.807) is 6.92 Å². The Morgan fingerprint density at radius 2 is 2.33 bits per heavy atom. The van der Waals surface area contributed by atoms with Crippen LogP contribution in [0, 0.1) is 0 Å². The van der Waals surface area contributed by atoms with Crippen molar-refractivity contribution in [3.63, 3.8) is 0 Å². The van der Waals surface area contributed by atoms with Crippen LogP contribution in [0.1, 0.15) is 6.92 Å². The lowest BCUT2D eigenvalue weighted by Gasteiger charge is -2.16. The van der Waals surface area contributed by atoms with Crippen molar-refractivity contribution >= 4 is 18.5 Å². The average Bonchev–Trinajstić information content (AvgIpc) is 2.03. The summed E-state index contributed by atoms with van der Waals surface area (Å²) in [6.45, 7) is 1.85. The van der Waals surface area contributed by atoms with E-state index in [2.05, 4.69) is 17.9 Å². The van der Waals surface area contributed by atoms with Crippen LogP contribution >= 0.6 is 12.6 Å². The number of carbonyl (C=O) groups is 1. The van der Waals surface area contributed by atoms with Gasteiger partial charge < -0.3 is 15.2 Å². The minimum Gasteiger partial charge on any atom is -0.394 e. The molecular weight excluding hydrogens is 178 g/mol. The molecule has 5 heteroatoms. The standard InChI is InChI=1S/C7H15NO3S/c1-5(12)7(10)8-6(3-9)4-11-2/h5-6,9,12H,3-4H2,1-2H3,(H,8,10). The first kappa shape index (κ1) is 11.7. The monoisotopic (exact) mass is 193 g/mol. The van der Waals surface area contributed by atoms with Crippen molar-refractivity contribution in [2.75, 3.05) is 20.3 Å². The first-order chi connectivity index (χ1) is 5.61. The van der Waals surface area contributed by atoms with Gasteiger partial charge in [-0.2, -0.15) is 12.6 Å². The fraction of sp³-hybridized carbons (Fsp3) is 0.857. The highest BCUT2D eigenvalue weighted by Crippen LogP contribution is 1.93. The zero-order chi connectivity index (χ0) is 9.56. The highest BCUT2D eigenvalue weighted by atomic mass is 32.1. The lowest BCUT2D eigenvalue weighted by Crippen LogP contribution is -2.43. The third kappa shape index (κ3) is 4.58. The van der Waals surface area contributed by atoms with E-state index in [-0.39, 0.29) is 23.8 Å². The Kier molecular flexibility index (Phi) is 6.14. The minimum absolute atomic E-state index is 0.125. The molecule has 0 aromatic carbocycles. The molecule has 0 bridgehead atoms. The number of amides is 1. The summed E-state index contributed by atoms with van der Waals surface area (Å²) in [6, 6.07) is -0.336. The van der Waals surface area contributed by atoms with Crippen LogP contribution in [-0.2, 0) is 9.53 Å². The molecular formula is C7H15NO3S. The Labute approximate surface area is 77.7 Å². The molecule has 0 aromatic rings. The molecule has 1 amide bonds. The van der Waals surface area contributed by atoms with E-state index in [0.29, 0.717) is 6.61 Å². The second-order valence-electron chi connectivity index (χ2n) is 2.52. The van der Waals surface area contributed by atoms with Gasteiger partial charge in [0.15, 0.2) is 0 Å². The Morgan fingerprint density at radius 3 is 2.67 bits per heavy atom. The van der Waals surface area contributed by atoms with Gasteiger partial charge in [0.25, 0.3) is 0 Å². The topological polar surface area (TPSA) is 58.6 Å². The molecule has 0 saturated heterocycles. The van der Waals surface area contributed by atoms with Crippen molar-refractivity contribution in [3.05, 3.63) is 0 Å². The van der Waals surface area contributed by atoms with Crippen LogP contribution in [0.3, 0.4) is 0 Å². The van der Waals surface area contributed by atoms with Crippen molar-refractivity contribution in [2.45, 2.75) is 18.2 Å². The lowest BCUT2D eigenvalue weighted by atomic mass is 10.3. The number of aliphatic hydroxyl groups excluding tert-OH is 1. The number of carbonyl (C=O) groups excluding carboxylic acids is 1. The van der Waals surface area contributed by atoms with E-state index in [4.69, 9.17) is 9.84 Å². The first-order valence-electron chi connectivity index (χ1n) is 3.70. The highest BCUT2D eigenvalue weighted by molar-refractivity contribution is 7.81. The van der Waals surface area contributed by atoms with Gasteiger partial charge in [-0.3, -0.25) is 4.79 Å². The Morgan fingerprint density at radius 1 is 1.75 bits per heavy atom. The zero-order valence-corrected chi connectivity index (χ0v) is 8.17. The molecule has 12 heavy (non-hydrogen) atoms. The van der Waals surface area contributed by atoms with E-state index < -0.39 is 0 Å². The highest BCUT2D eigenvalue weighted by Gasteiger charge is 2.13. The predicted octanol–water partition coefficient (Wildman–Crippen LogP) is -0.572. The Balaban J connectivity index is 3.77. The maximum Gasteiger partial charge on any atom is 0.232 e. The van der Waals surface area contributed by atoms with Gasteiger partial charge in [-0.05, 0) is 6.92 Å². The van der Waals surface area contributed by atoms with Crippen LogP contribution in [0.15, 0.2) is 0 Å². The number of aliphatic hydroxyl groups is 1. The van der Waals surface area contributed by atoms with E-state index in [1.807, 2.05) is 0 Å². The number of nitrogens with one attached hydrogen (secondary N) is 1. The minimum atomic E-state index is -0.365. The smallest absolute Gasteiger partial charge is 0.232 e. The molecule has 2 atom stereocenters. The quantitative estimate of drug-likeness (QED) is 0.512. The second kappa shape index (κ2) is 6.28. The van der Waals surface area contributed by atoms with Crippen LogP contribution in [-0.4, -0.2) is 42.6 Å². The van der Waals surface area contributed by atoms with Crippen molar-refractivity contribution in [1.29, 1.82) is 0 Å². The van der Waals surface area contributed by atoms with Gasteiger partial charge in [0.05, 0.1) is 24.5 Å². The van der Waals surface area contributed by atoms with Crippen LogP contribution in [0.4, 0.5) is 0 Å². The van der Waals surface area contributed by atoms with Gasteiger partial charge in [0, 0.05) is 7.11 Å². The fourth-order valence-electron chi connectivity index (χ4n) is 0.663. The molecule has 4 nitrogen and oxygen atoms in total. The van der Waals surface area contributed by atoms with E-state index in [9.17, 15) is 4.79 Å². The summed E-state index contributed by atoms with van der Waals surface area (Å²) >= 11 is 3.94. The molecule has 0 heterocycles. The summed E-state index contributed by atoms with van der Waals surface area (Å²) in [4.78, 5) is 11.0. The molecule has 0 aliphatic rings. The van der Waals surface area contributed by atoms with Gasteiger partial charge in [0.1, 0.15) is 0 Å². The van der Waals surface area contributed by atoms with Gasteiger partial charge in [-0.15, -0.1) is 0 Å². The van der Waals surface area contributed by atoms with E-state index in [1.165, 1.54) is 7.11 Å². The molecule has 0 aliphatic carbocycles. The fourth-order valence-corrected chi connectivity index (χ4v) is 0.738. The maximum absolute atomic E-state index is 11.0. The summed E-state index contributed by atoms with van der Waals surface area (Å²) in [5.41, 5.74) is 0. The number of thiol groups is 1. The third-order valence-electron chi connectivity index (χ3n) is 1.31. The van der Waals surface area contributed by atoms with Crippen LogP contribution in [0.25, 0.3) is 0 Å². The van der Waals surface area contributed by atoms with E-state index >= 15 is 0 Å². The molecule has 0 aliphatic heterocycles. The normalized spacial score (nSPS) is 15.3. The molecule has 2 unspecified atom stereocenters. The molecule has 0 spiro atoms. The SMILES string of the molecule is COCC(CO)NC(=O)C(C)S. The van der Waals surface area contributed by atoms with Gasteiger partial charge in [-0.1, -0.05) is 0 Å². The third-order valence-corrected chi connectivity index (χ3v) is 1.55. The van der Waals surface area contributed by atoms with Crippen LogP contribution in [0.5, 0.6) is 0 Å². The summed E-state index contributed by atoms with van der Waals surface area (Å²) in [5, 5.41) is 11.0. The maximum atomic E-state index is 11.0. The molecule has 2 N–H and O–H groups in total.